The molecule has 3 heteroatoms. The van der Waals surface area contributed by atoms with Gasteiger partial charge in [0.15, 0.2) is 0 Å². The second-order valence-corrected chi connectivity index (χ2v) is 3.38. The largest absolute Gasteiger partial charge is 0.317 e. The summed E-state index contributed by atoms with van der Waals surface area (Å²) in [5, 5.41) is 6.48. The molecule has 70 valence electrons. The minimum absolute atomic E-state index is 0.356. The van der Waals surface area contributed by atoms with Gasteiger partial charge in [0.1, 0.15) is 5.78 Å². The van der Waals surface area contributed by atoms with Crippen molar-refractivity contribution in [2.24, 2.45) is 5.92 Å². The Morgan fingerprint density at radius 3 is 3.25 bits per heavy atom. The molecule has 1 aliphatic rings. The van der Waals surface area contributed by atoms with Crippen molar-refractivity contribution in [3.8, 4) is 0 Å². The number of carbonyl (C=O) groups excluding carboxylic acids is 1. The molecule has 1 atom stereocenters. The van der Waals surface area contributed by atoms with Crippen LogP contribution in [0.2, 0.25) is 0 Å². The van der Waals surface area contributed by atoms with Gasteiger partial charge in [0, 0.05) is 6.42 Å². The fourth-order valence-electron chi connectivity index (χ4n) is 1.49. The van der Waals surface area contributed by atoms with E-state index in [-0.39, 0.29) is 0 Å². The van der Waals surface area contributed by atoms with Crippen LogP contribution in [0.25, 0.3) is 0 Å². The number of hydrogen-bond acceptors (Lipinski definition) is 3. The highest BCUT2D eigenvalue weighted by atomic mass is 16.1. The van der Waals surface area contributed by atoms with E-state index in [1.54, 1.807) is 0 Å². The first-order chi connectivity index (χ1) is 5.83. The zero-order valence-corrected chi connectivity index (χ0v) is 7.73. The van der Waals surface area contributed by atoms with E-state index in [2.05, 4.69) is 17.6 Å². The SMILES string of the molecule is CCNCC1CCC(=O)CNC1. The molecule has 0 bridgehead atoms. The maximum Gasteiger partial charge on any atom is 0.146 e. The van der Waals surface area contributed by atoms with Crippen LogP contribution in [0.3, 0.4) is 0 Å². The summed E-state index contributed by atoms with van der Waals surface area (Å²) < 4.78 is 0. The lowest BCUT2D eigenvalue weighted by atomic mass is 10.0. The van der Waals surface area contributed by atoms with Gasteiger partial charge < -0.3 is 10.6 Å². The topological polar surface area (TPSA) is 41.1 Å². The molecule has 1 aliphatic heterocycles. The van der Waals surface area contributed by atoms with Crippen molar-refractivity contribution in [3.05, 3.63) is 0 Å². The second-order valence-electron chi connectivity index (χ2n) is 3.38. The van der Waals surface area contributed by atoms with Crippen molar-refractivity contribution in [1.82, 2.24) is 10.6 Å². The minimum atomic E-state index is 0.356. The Kier molecular flexibility index (Phi) is 4.25. The van der Waals surface area contributed by atoms with Crippen LogP contribution in [0.1, 0.15) is 19.8 Å². The van der Waals surface area contributed by atoms with Crippen LogP contribution in [0.15, 0.2) is 0 Å². The predicted octanol–water partition coefficient (Wildman–Crippen LogP) is 0.165. The molecular weight excluding hydrogens is 152 g/mol. The molecule has 0 aromatic rings. The van der Waals surface area contributed by atoms with Crippen LogP contribution < -0.4 is 10.6 Å². The normalized spacial score (nSPS) is 25.4. The smallest absolute Gasteiger partial charge is 0.146 e. The van der Waals surface area contributed by atoms with Gasteiger partial charge in [-0.25, -0.2) is 0 Å². The Balaban J connectivity index is 2.21. The third-order valence-electron chi connectivity index (χ3n) is 2.27. The van der Waals surface area contributed by atoms with Gasteiger partial charge in [-0.1, -0.05) is 6.92 Å². The molecule has 2 N–H and O–H groups in total. The lowest BCUT2D eigenvalue weighted by Gasteiger charge is -2.13. The van der Waals surface area contributed by atoms with Crippen molar-refractivity contribution < 1.29 is 4.79 Å². The Morgan fingerprint density at radius 2 is 2.50 bits per heavy atom. The Labute approximate surface area is 73.9 Å². The van der Waals surface area contributed by atoms with Crippen molar-refractivity contribution in [2.45, 2.75) is 19.8 Å². The number of nitrogens with one attached hydrogen (secondary N) is 2. The van der Waals surface area contributed by atoms with E-state index in [0.29, 0.717) is 18.2 Å². The van der Waals surface area contributed by atoms with Crippen molar-refractivity contribution in [2.75, 3.05) is 26.2 Å². The molecule has 0 amide bonds. The van der Waals surface area contributed by atoms with Crippen LogP contribution in [-0.4, -0.2) is 32.0 Å². The highest BCUT2D eigenvalue weighted by Gasteiger charge is 2.14. The summed E-state index contributed by atoms with van der Waals surface area (Å²) in [6.45, 7) is 5.72. The van der Waals surface area contributed by atoms with Crippen LogP contribution in [0, 0.1) is 5.92 Å². The molecule has 1 unspecified atom stereocenters. The van der Waals surface area contributed by atoms with Gasteiger partial charge in [-0.2, -0.15) is 0 Å². The molecule has 0 aliphatic carbocycles. The van der Waals surface area contributed by atoms with Gasteiger partial charge in [0.2, 0.25) is 0 Å². The Hall–Kier alpha value is -0.410. The number of ketones is 1. The van der Waals surface area contributed by atoms with Gasteiger partial charge >= 0.3 is 0 Å². The van der Waals surface area contributed by atoms with Crippen LogP contribution in [0.4, 0.5) is 0 Å². The average Bonchev–Trinajstić information content (AvgIpc) is 2.27. The fourth-order valence-corrected chi connectivity index (χ4v) is 1.49. The Bertz CT molecular complexity index is 147. The standard InChI is InChI=1S/C9H18N2O/c1-2-10-5-8-3-4-9(12)7-11-6-8/h8,10-11H,2-7H2,1H3. The molecule has 1 saturated heterocycles. The summed E-state index contributed by atoms with van der Waals surface area (Å²) in [5.74, 6) is 0.991. The van der Waals surface area contributed by atoms with Gasteiger partial charge in [-0.15, -0.1) is 0 Å². The maximum absolute atomic E-state index is 11.0. The molecule has 0 aromatic heterocycles. The number of Topliss-reactive ketones (excluding diaryl/α,β-unsaturated/α-hetero) is 1. The first-order valence-electron chi connectivity index (χ1n) is 4.76. The van der Waals surface area contributed by atoms with E-state index in [1.165, 1.54) is 0 Å². The van der Waals surface area contributed by atoms with Crippen LogP contribution in [0.5, 0.6) is 0 Å². The van der Waals surface area contributed by atoms with Crippen molar-refractivity contribution in [1.29, 1.82) is 0 Å². The third-order valence-corrected chi connectivity index (χ3v) is 2.27. The number of carbonyl (C=O) groups is 1. The maximum atomic E-state index is 11.0. The summed E-state index contributed by atoms with van der Waals surface area (Å²) >= 11 is 0. The monoisotopic (exact) mass is 170 g/mol. The molecule has 12 heavy (non-hydrogen) atoms. The highest BCUT2D eigenvalue weighted by Crippen LogP contribution is 2.07. The summed E-state index contributed by atoms with van der Waals surface area (Å²) in [7, 11) is 0. The van der Waals surface area contributed by atoms with Gasteiger partial charge in [0.25, 0.3) is 0 Å². The summed E-state index contributed by atoms with van der Waals surface area (Å²) in [5.41, 5.74) is 0. The van der Waals surface area contributed by atoms with Gasteiger partial charge in [0.05, 0.1) is 6.54 Å². The fraction of sp³-hybridized carbons (Fsp3) is 0.889. The molecule has 0 aromatic carbocycles. The molecule has 0 radical (unpaired) electrons. The van der Waals surface area contributed by atoms with E-state index in [9.17, 15) is 4.79 Å². The van der Waals surface area contributed by atoms with E-state index < -0.39 is 0 Å². The van der Waals surface area contributed by atoms with Gasteiger partial charge in [-0.3, -0.25) is 4.79 Å². The van der Waals surface area contributed by atoms with E-state index in [0.717, 1.165) is 32.5 Å². The molecular formula is C9H18N2O. The first kappa shape index (κ1) is 9.68. The molecule has 3 nitrogen and oxygen atoms in total. The summed E-state index contributed by atoms with van der Waals surface area (Å²) in [6, 6.07) is 0. The molecule has 1 heterocycles. The molecule has 0 spiro atoms. The molecule has 1 rings (SSSR count). The Morgan fingerprint density at radius 1 is 1.67 bits per heavy atom. The lowest BCUT2D eigenvalue weighted by Crippen LogP contribution is -2.30. The van der Waals surface area contributed by atoms with Gasteiger partial charge in [-0.05, 0) is 32.0 Å². The second kappa shape index (κ2) is 5.27. The molecule has 0 saturated carbocycles. The average molecular weight is 170 g/mol. The number of rotatable bonds is 3. The predicted molar refractivity (Wildman–Crippen MR) is 49.1 cm³/mol. The van der Waals surface area contributed by atoms with E-state index >= 15 is 0 Å². The van der Waals surface area contributed by atoms with Crippen molar-refractivity contribution >= 4 is 5.78 Å². The highest BCUT2D eigenvalue weighted by molar-refractivity contribution is 5.80. The zero-order chi connectivity index (χ0) is 8.81. The van der Waals surface area contributed by atoms with E-state index in [1.807, 2.05) is 0 Å². The van der Waals surface area contributed by atoms with Crippen molar-refractivity contribution in [3.63, 3.8) is 0 Å². The minimum Gasteiger partial charge on any atom is -0.317 e. The zero-order valence-electron chi connectivity index (χ0n) is 7.73. The van der Waals surface area contributed by atoms with Crippen LogP contribution >= 0.6 is 0 Å². The molecule has 1 fully saturated rings. The quantitative estimate of drug-likeness (QED) is 0.634. The third kappa shape index (κ3) is 3.32. The number of hydrogen-bond donors (Lipinski definition) is 2. The van der Waals surface area contributed by atoms with Crippen LogP contribution in [-0.2, 0) is 4.79 Å². The first-order valence-corrected chi connectivity index (χ1v) is 4.76. The summed E-state index contributed by atoms with van der Waals surface area (Å²) in [4.78, 5) is 11.0. The lowest BCUT2D eigenvalue weighted by molar-refractivity contribution is -0.118. The summed E-state index contributed by atoms with van der Waals surface area (Å²) in [6.07, 6.45) is 1.79. The van der Waals surface area contributed by atoms with E-state index in [4.69, 9.17) is 0 Å².